The van der Waals surface area contributed by atoms with E-state index in [1.807, 2.05) is 52.8 Å². The fourth-order valence-corrected chi connectivity index (χ4v) is 2.36. The summed E-state index contributed by atoms with van der Waals surface area (Å²) in [6.07, 6.45) is 0. The van der Waals surface area contributed by atoms with Crippen molar-refractivity contribution in [2.45, 2.75) is 46.1 Å². The number of hydrogen-bond acceptors (Lipinski definition) is 3. The molecule has 2 unspecified atom stereocenters. The molecule has 0 spiro atoms. The number of esters is 1. The molecule has 3 heteroatoms. The summed E-state index contributed by atoms with van der Waals surface area (Å²) < 4.78 is 4.78. The molecule has 19 heavy (non-hydrogen) atoms. The first-order valence-electron chi connectivity index (χ1n) is 6.63. The van der Waals surface area contributed by atoms with Crippen LogP contribution < -0.4 is 0 Å². The van der Waals surface area contributed by atoms with Crippen molar-refractivity contribution in [3.63, 3.8) is 0 Å². The highest BCUT2D eigenvalue weighted by Gasteiger charge is 2.46. The average molecular weight is 264 g/mol. The van der Waals surface area contributed by atoms with Crippen LogP contribution in [-0.2, 0) is 9.53 Å². The number of carbonyl (C=O) groups excluding carboxylic acids is 1. The van der Waals surface area contributed by atoms with Crippen molar-refractivity contribution in [3.05, 3.63) is 34.9 Å². The van der Waals surface area contributed by atoms with Gasteiger partial charge < -0.3 is 9.84 Å². The zero-order valence-electron chi connectivity index (χ0n) is 12.7. The summed E-state index contributed by atoms with van der Waals surface area (Å²) >= 11 is 0. The van der Waals surface area contributed by atoms with Gasteiger partial charge in [-0.3, -0.25) is 0 Å². The third-order valence-corrected chi connectivity index (χ3v) is 4.08. The SMILES string of the molecule is COC(=O)C(O)(C(C)C)C(C)c1ccc(C)c(C)c1. The van der Waals surface area contributed by atoms with E-state index in [-0.39, 0.29) is 11.8 Å². The van der Waals surface area contributed by atoms with E-state index >= 15 is 0 Å². The van der Waals surface area contributed by atoms with Crippen molar-refractivity contribution < 1.29 is 14.6 Å². The van der Waals surface area contributed by atoms with Gasteiger partial charge in [-0.05, 0) is 36.5 Å². The second kappa shape index (κ2) is 5.74. The van der Waals surface area contributed by atoms with Crippen molar-refractivity contribution in [1.82, 2.24) is 0 Å². The van der Waals surface area contributed by atoms with Gasteiger partial charge in [-0.1, -0.05) is 39.0 Å². The highest BCUT2D eigenvalue weighted by atomic mass is 16.5. The minimum atomic E-state index is -1.50. The van der Waals surface area contributed by atoms with Gasteiger partial charge in [-0.25, -0.2) is 4.79 Å². The maximum Gasteiger partial charge on any atom is 0.338 e. The summed E-state index contributed by atoms with van der Waals surface area (Å²) in [5.74, 6) is -1.12. The number of benzene rings is 1. The molecule has 2 atom stereocenters. The Bertz CT molecular complexity index is 465. The standard InChI is InChI=1S/C16H24O3/c1-10(2)16(18,15(17)19-6)13(5)14-8-7-11(3)12(4)9-14/h7-10,13,18H,1-6H3. The average Bonchev–Trinajstić information content (AvgIpc) is 2.38. The van der Waals surface area contributed by atoms with Gasteiger partial charge in [-0.2, -0.15) is 0 Å². The van der Waals surface area contributed by atoms with Crippen LogP contribution in [-0.4, -0.2) is 23.8 Å². The summed E-state index contributed by atoms with van der Waals surface area (Å²) in [5, 5.41) is 10.8. The van der Waals surface area contributed by atoms with Crippen LogP contribution in [0.5, 0.6) is 0 Å². The molecule has 3 nitrogen and oxygen atoms in total. The van der Waals surface area contributed by atoms with Gasteiger partial charge in [0, 0.05) is 5.92 Å². The molecule has 0 fully saturated rings. The fourth-order valence-electron chi connectivity index (χ4n) is 2.36. The van der Waals surface area contributed by atoms with Crippen molar-refractivity contribution in [2.24, 2.45) is 5.92 Å². The third kappa shape index (κ3) is 2.81. The Kier molecular flexibility index (Phi) is 4.75. The molecule has 1 aromatic rings. The number of rotatable bonds is 4. The van der Waals surface area contributed by atoms with E-state index in [1.165, 1.54) is 12.7 Å². The Morgan fingerprint density at radius 2 is 1.79 bits per heavy atom. The second-order valence-electron chi connectivity index (χ2n) is 5.54. The molecule has 0 heterocycles. The molecule has 0 aliphatic carbocycles. The zero-order valence-corrected chi connectivity index (χ0v) is 12.7. The lowest BCUT2D eigenvalue weighted by molar-refractivity contribution is -0.170. The third-order valence-electron chi connectivity index (χ3n) is 4.08. The van der Waals surface area contributed by atoms with Crippen LogP contribution in [0.1, 0.15) is 43.4 Å². The molecule has 0 aliphatic rings. The van der Waals surface area contributed by atoms with Gasteiger partial charge in [0.25, 0.3) is 0 Å². The molecule has 1 rings (SSSR count). The van der Waals surface area contributed by atoms with Gasteiger partial charge in [0.15, 0.2) is 5.60 Å². The molecule has 1 N–H and O–H groups in total. The van der Waals surface area contributed by atoms with Crippen molar-refractivity contribution in [3.8, 4) is 0 Å². The first kappa shape index (κ1) is 15.7. The largest absolute Gasteiger partial charge is 0.467 e. The molecule has 0 saturated heterocycles. The second-order valence-corrected chi connectivity index (χ2v) is 5.54. The van der Waals surface area contributed by atoms with E-state index in [1.54, 1.807) is 0 Å². The van der Waals surface area contributed by atoms with E-state index in [9.17, 15) is 9.90 Å². The van der Waals surface area contributed by atoms with Crippen LogP contribution >= 0.6 is 0 Å². The van der Waals surface area contributed by atoms with Crippen molar-refractivity contribution in [2.75, 3.05) is 7.11 Å². The van der Waals surface area contributed by atoms with Crippen LogP contribution in [0, 0.1) is 19.8 Å². The predicted octanol–water partition coefficient (Wildman–Crippen LogP) is 2.97. The lowest BCUT2D eigenvalue weighted by Gasteiger charge is -2.35. The first-order valence-corrected chi connectivity index (χ1v) is 6.63. The molecule has 0 saturated carbocycles. The van der Waals surface area contributed by atoms with Gasteiger partial charge in [0.2, 0.25) is 0 Å². The van der Waals surface area contributed by atoms with E-state index < -0.39 is 11.6 Å². The molecule has 0 amide bonds. The molecular formula is C16H24O3. The summed E-state index contributed by atoms with van der Waals surface area (Å²) in [4.78, 5) is 12.0. The Labute approximate surface area is 115 Å². The van der Waals surface area contributed by atoms with Crippen molar-refractivity contribution in [1.29, 1.82) is 0 Å². The topological polar surface area (TPSA) is 46.5 Å². The molecule has 0 aromatic heterocycles. The minimum Gasteiger partial charge on any atom is -0.467 e. The van der Waals surface area contributed by atoms with E-state index in [2.05, 4.69) is 0 Å². The number of aliphatic hydroxyl groups is 1. The smallest absolute Gasteiger partial charge is 0.338 e. The van der Waals surface area contributed by atoms with Crippen molar-refractivity contribution >= 4 is 5.97 Å². The normalized spacial score (nSPS) is 16.0. The molecule has 0 aliphatic heterocycles. The van der Waals surface area contributed by atoms with Gasteiger partial charge in [-0.15, -0.1) is 0 Å². The Balaban J connectivity index is 3.23. The van der Waals surface area contributed by atoms with Gasteiger partial charge >= 0.3 is 5.97 Å². The Hall–Kier alpha value is -1.35. The summed E-state index contributed by atoms with van der Waals surface area (Å²) in [7, 11) is 1.31. The van der Waals surface area contributed by atoms with Crippen LogP contribution in [0.4, 0.5) is 0 Å². The van der Waals surface area contributed by atoms with Crippen LogP contribution in [0.2, 0.25) is 0 Å². The predicted molar refractivity (Wildman–Crippen MR) is 76.1 cm³/mol. The maximum atomic E-state index is 12.0. The van der Waals surface area contributed by atoms with E-state index in [4.69, 9.17) is 4.74 Å². The van der Waals surface area contributed by atoms with Crippen LogP contribution in [0.25, 0.3) is 0 Å². The molecule has 106 valence electrons. The molecule has 1 aromatic carbocycles. The van der Waals surface area contributed by atoms with Gasteiger partial charge in [0.05, 0.1) is 7.11 Å². The number of ether oxygens (including phenoxy) is 1. The fraction of sp³-hybridized carbons (Fsp3) is 0.562. The Morgan fingerprint density at radius 1 is 1.21 bits per heavy atom. The molecule has 0 bridgehead atoms. The van der Waals surface area contributed by atoms with E-state index in [0.717, 1.165) is 11.1 Å². The number of aryl methyl sites for hydroxylation is 2. The minimum absolute atomic E-state index is 0.225. The monoisotopic (exact) mass is 264 g/mol. The Morgan fingerprint density at radius 3 is 2.21 bits per heavy atom. The highest BCUT2D eigenvalue weighted by molar-refractivity contribution is 5.81. The lowest BCUT2D eigenvalue weighted by atomic mass is 9.75. The first-order chi connectivity index (χ1) is 8.75. The number of hydrogen-bond donors (Lipinski definition) is 1. The molecule has 0 radical (unpaired) electrons. The summed E-state index contributed by atoms with van der Waals surface area (Å²) in [5.41, 5.74) is 1.79. The molecular weight excluding hydrogens is 240 g/mol. The summed E-state index contributed by atoms with van der Waals surface area (Å²) in [6.45, 7) is 9.58. The highest BCUT2D eigenvalue weighted by Crippen LogP contribution is 2.35. The number of methoxy groups -OCH3 is 1. The summed E-state index contributed by atoms with van der Waals surface area (Å²) in [6, 6.07) is 6.00. The van der Waals surface area contributed by atoms with Gasteiger partial charge in [0.1, 0.15) is 0 Å². The van der Waals surface area contributed by atoms with Crippen LogP contribution in [0.15, 0.2) is 18.2 Å². The quantitative estimate of drug-likeness (QED) is 0.850. The zero-order chi connectivity index (χ0) is 14.8. The number of carbonyl (C=O) groups is 1. The maximum absolute atomic E-state index is 12.0. The van der Waals surface area contributed by atoms with E-state index in [0.29, 0.717) is 0 Å². The van der Waals surface area contributed by atoms with Crippen LogP contribution in [0.3, 0.4) is 0 Å². The lowest BCUT2D eigenvalue weighted by Crippen LogP contribution is -2.49.